The standard InChI is InChI=1S/C16H16N2O6.C12H9NO5S2/c1-17-14(21)11(15(22)18(2)16(17)23)8-10(24-3)6-9-4-5-12(19)13(20)7-9;14-7-2-1-6(8(15)4-7)3-9-11(18)13(5-10(16)17)12(19)20-9/h4-8,19-20H,1-3H3;1-4,14-15H,5H2,(H,16,17)/b10-6-;9-3-. The van der Waals surface area contributed by atoms with E-state index in [-0.39, 0.29) is 43.6 Å². The first-order valence-corrected chi connectivity index (χ1v) is 13.5. The van der Waals surface area contributed by atoms with Gasteiger partial charge in [0.25, 0.3) is 17.7 Å². The minimum atomic E-state index is -1.16. The molecule has 0 aromatic heterocycles. The van der Waals surface area contributed by atoms with Gasteiger partial charge in [-0.1, -0.05) is 30.0 Å². The van der Waals surface area contributed by atoms with Gasteiger partial charge in [-0.3, -0.25) is 33.9 Å². The van der Waals surface area contributed by atoms with Gasteiger partial charge in [0, 0.05) is 25.7 Å². The number of amides is 5. The second kappa shape index (κ2) is 13.7. The van der Waals surface area contributed by atoms with Gasteiger partial charge in [0.15, 0.2) is 11.5 Å². The highest BCUT2D eigenvalue weighted by Gasteiger charge is 2.38. The van der Waals surface area contributed by atoms with Crippen LogP contribution >= 0.6 is 24.0 Å². The number of carboxylic acid groups (broad SMARTS) is 1. The highest BCUT2D eigenvalue weighted by molar-refractivity contribution is 8.26. The molecule has 0 spiro atoms. The third-order valence-corrected chi connectivity index (χ3v) is 7.32. The number of methoxy groups -OCH3 is 1. The van der Waals surface area contributed by atoms with Crippen LogP contribution in [0.25, 0.3) is 12.2 Å². The molecule has 2 aliphatic rings. The Hall–Kier alpha value is -5.35. The van der Waals surface area contributed by atoms with E-state index < -0.39 is 36.3 Å². The van der Waals surface area contributed by atoms with Gasteiger partial charge in [-0.2, -0.15) is 0 Å². The molecule has 0 bridgehead atoms. The maximum atomic E-state index is 12.1. The fraction of sp³-hybridized carbons (Fsp3) is 0.143. The predicted molar refractivity (Wildman–Crippen MR) is 161 cm³/mol. The van der Waals surface area contributed by atoms with Crippen LogP contribution < -0.4 is 0 Å². The molecule has 0 atom stereocenters. The molecule has 5 N–H and O–H groups in total. The second-order valence-corrected chi connectivity index (χ2v) is 10.6. The van der Waals surface area contributed by atoms with Crippen LogP contribution in [0.1, 0.15) is 11.1 Å². The van der Waals surface area contributed by atoms with E-state index in [1.54, 1.807) is 0 Å². The molecule has 44 heavy (non-hydrogen) atoms. The van der Waals surface area contributed by atoms with E-state index in [4.69, 9.17) is 22.1 Å². The number of imide groups is 2. The molecule has 5 amide bonds. The van der Waals surface area contributed by atoms with Crippen molar-refractivity contribution < 1.29 is 54.2 Å². The average Bonchev–Trinajstić information content (AvgIpc) is 3.23. The van der Waals surface area contributed by atoms with Gasteiger partial charge in [-0.05, 0) is 48.1 Å². The van der Waals surface area contributed by atoms with E-state index in [9.17, 15) is 44.4 Å². The number of thioether (sulfide) groups is 1. The zero-order valence-corrected chi connectivity index (χ0v) is 24.9. The number of likely N-dealkylation sites (N-methyl/N-ethyl adjacent to an activating group) is 2. The number of rotatable bonds is 6. The Morgan fingerprint density at radius 3 is 2.09 bits per heavy atom. The van der Waals surface area contributed by atoms with Crippen molar-refractivity contribution in [3.05, 3.63) is 69.8 Å². The molecule has 2 fully saturated rings. The summed E-state index contributed by atoms with van der Waals surface area (Å²) in [5.74, 6) is -3.87. The summed E-state index contributed by atoms with van der Waals surface area (Å²) in [6.45, 7) is -0.496. The molecule has 14 nitrogen and oxygen atoms in total. The van der Waals surface area contributed by atoms with E-state index in [1.807, 2.05) is 0 Å². The van der Waals surface area contributed by atoms with E-state index in [0.717, 1.165) is 32.5 Å². The minimum absolute atomic E-state index is 0.0990. The molecule has 230 valence electrons. The second-order valence-electron chi connectivity index (χ2n) is 8.97. The number of barbiturate groups is 1. The number of ether oxygens (including phenoxy) is 1. The number of urea groups is 1. The van der Waals surface area contributed by atoms with Crippen LogP contribution in [-0.4, -0.2) is 102 Å². The van der Waals surface area contributed by atoms with E-state index >= 15 is 0 Å². The van der Waals surface area contributed by atoms with Crippen LogP contribution in [0.3, 0.4) is 0 Å². The lowest BCUT2D eigenvalue weighted by molar-refractivity contribution is -0.140. The summed E-state index contributed by atoms with van der Waals surface area (Å²) >= 11 is 5.91. The smallest absolute Gasteiger partial charge is 0.333 e. The number of hydrogen-bond acceptors (Lipinski definition) is 12. The molecule has 0 aliphatic carbocycles. The predicted octanol–water partition coefficient (Wildman–Crippen LogP) is 2.45. The van der Waals surface area contributed by atoms with Crippen LogP contribution in [0.5, 0.6) is 23.0 Å². The number of hydrogen-bond donors (Lipinski definition) is 5. The number of phenols is 4. The first-order valence-electron chi connectivity index (χ1n) is 12.2. The van der Waals surface area contributed by atoms with Gasteiger partial charge in [-0.25, -0.2) is 4.79 Å². The summed E-state index contributed by atoms with van der Waals surface area (Å²) in [5.41, 5.74) is 0.585. The molecular formula is C28H25N3O11S2. The Kier molecular flexibility index (Phi) is 10.4. The third-order valence-electron chi connectivity index (χ3n) is 5.94. The van der Waals surface area contributed by atoms with Gasteiger partial charge >= 0.3 is 12.0 Å². The zero-order valence-electron chi connectivity index (χ0n) is 23.2. The molecule has 0 unspecified atom stereocenters. The van der Waals surface area contributed by atoms with Crippen molar-refractivity contribution in [2.75, 3.05) is 27.7 Å². The van der Waals surface area contributed by atoms with Crippen LogP contribution in [0.15, 0.2) is 58.7 Å². The summed E-state index contributed by atoms with van der Waals surface area (Å²) in [7, 11) is 3.89. The number of carbonyl (C=O) groups is 5. The maximum absolute atomic E-state index is 12.1. The molecular weight excluding hydrogens is 618 g/mol. The van der Waals surface area contributed by atoms with Crippen molar-refractivity contribution in [2.45, 2.75) is 0 Å². The zero-order chi connectivity index (χ0) is 32.9. The van der Waals surface area contributed by atoms with Gasteiger partial charge in [0.2, 0.25) is 0 Å². The number of nitrogens with zero attached hydrogens (tertiary/aromatic N) is 3. The molecule has 0 saturated carbocycles. The molecule has 16 heteroatoms. The average molecular weight is 644 g/mol. The fourth-order valence-electron chi connectivity index (χ4n) is 3.64. The maximum Gasteiger partial charge on any atom is 0.333 e. The van der Waals surface area contributed by atoms with Crippen LogP contribution in [0, 0.1) is 0 Å². The molecule has 0 radical (unpaired) electrons. The van der Waals surface area contributed by atoms with Crippen molar-refractivity contribution in [3.8, 4) is 23.0 Å². The lowest BCUT2D eigenvalue weighted by Crippen LogP contribution is -2.53. The highest BCUT2D eigenvalue weighted by Crippen LogP contribution is 2.34. The van der Waals surface area contributed by atoms with Crippen LogP contribution in [0.4, 0.5) is 4.79 Å². The monoisotopic (exact) mass is 643 g/mol. The largest absolute Gasteiger partial charge is 0.508 e. The van der Waals surface area contributed by atoms with Crippen LogP contribution in [-0.2, 0) is 23.9 Å². The minimum Gasteiger partial charge on any atom is -0.508 e. The normalized spacial score (nSPS) is 16.4. The Labute approximate surface area is 259 Å². The van der Waals surface area contributed by atoms with E-state index in [2.05, 4.69) is 0 Å². The number of phenolic OH excluding ortho intramolecular Hbond substituents is 4. The Morgan fingerprint density at radius 2 is 1.55 bits per heavy atom. The number of allylic oxidation sites excluding steroid dienone is 1. The fourth-order valence-corrected chi connectivity index (χ4v) is 4.88. The molecule has 2 aromatic carbocycles. The number of benzene rings is 2. The van der Waals surface area contributed by atoms with Gasteiger partial charge in [0.1, 0.15) is 33.7 Å². The summed E-state index contributed by atoms with van der Waals surface area (Å²) in [5, 5.41) is 46.3. The quantitative estimate of drug-likeness (QED) is 0.101. The van der Waals surface area contributed by atoms with Gasteiger partial charge in [-0.15, -0.1) is 0 Å². The Morgan fingerprint density at radius 1 is 0.909 bits per heavy atom. The van der Waals surface area contributed by atoms with Crippen LogP contribution in [0.2, 0.25) is 0 Å². The molecule has 2 heterocycles. The molecule has 4 rings (SSSR count). The molecule has 2 aliphatic heterocycles. The number of aromatic hydroxyl groups is 4. The van der Waals surface area contributed by atoms with E-state index in [0.29, 0.717) is 11.1 Å². The van der Waals surface area contributed by atoms with Crippen molar-refractivity contribution >= 4 is 70.2 Å². The number of thiocarbonyl (C=S) groups is 1. The topological polar surface area (TPSA) is 205 Å². The lowest BCUT2D eigenvalue weighted by Gasteiger charge is -2.28. The van der Waals surface area contributed by atoms with E-state index in [1.165, 1.54) is 69.8 Å². The number of carboxylic acids is 1. The SMILES string of the molecule is CO/C(C=C1C(=O)N(C)C(=O)N(C)C1=O)=C\c1ccc(O)c(O)c1.O=C(O)CN1C(=O)/C(=C/c2ccc(O)cc2O)SC1=S. The highest BCUT2D eigenvalue weighted by atomic mass is 32.2. The van der Waals surface area contributed by atoms with Gasteiger partial charge < -0.3 is 30.3 Å². The lowest BCUT2D eigenvalue weighted by atomic mass is 10.1. The van der Waals surface area contributed by atoms with Crippen molar-refractivity contribution in [1.29, 1.82) is 0 Å². The summed E-state index contributed by atoms with van der Waals surface area (Å²) in [6, 6.07) is 7.33. The number of carbonyl (C=O) groups excluding carboxylic acids is 4. The van der Waals surface area contributed by atoms with Gasteiger partial charge in [0.05, 0.1) is 12.0 Å². The van der Waals surface area contributed by atoms with Crippen molar-refractivity contribution in [3.63, 3.8) is 0 Å². The summed E-state index contributed by atoms with van der Waals surface area (Å²) in [4.78, 5) is 61.4. The van der Waals surface area contributed by atoms with Crippen molar-refractivity contribution in [1.82, 2.24) is 14.7 Å². The number of aliphatic carboxylic acids is 1. The first-order chi connectivity index (χ1) is 20.6. The molecule has 2 aromatic rings. The molecule has 2 saturated heterocycles. The third kappa shape index (κ3) is 7.53. The Bertz CT molecular complexity index is 1640. The Balaban J connectivity index is 0.000000244. The first kappa shape index (κ1) is 33.2. The summed E-state index contributed by atoms with van der Waals surface area (Å²) < 4.78 is 5.29. The summed E-state index contributed by atoms with van der Waals surface area (Å²) in [6.07, 6.45) is 4.08. The van der Waals surface area contributed by atoms with Crippen molar-refractivity contribution in [2.24, 2.45) is 0 Å².